The van der Waals surface area contributed by atoms with Gasteiger partial charge >= 0.3 is 0 Å². The van der Waals surface area contributed by atoms with Crippen LogP contribution in [-0.2, 0) is 26.2 Å². The molecular weight excluding hydrogens is 679 g/mol. The maximum atomic E-state index is 14.0. The van der Waals surface area contributed by atoms with Crippen LogP contribution in [0.25, 0.3) is 10.8 Å². The molecule has 4 atom stereocenters. The Labute approximate surface area is 307 Å². The zero-order valence-electron chi connectivity index (χ0n) is 31.0. The van der Waals surface area contributed by atoms with Gasteiger partial charge in [0.2, 0.25) is 11.8 Å². The molecule has 0 saturated heterocycles. The first-order valence-corrected chi connectivity index (χ1v) is 18.9. The summed E-state index contributed by atoms with van der Waals surface area (Å²) in [5.41, 5.74) is 2.34. The molecule has 0 bridgehead atoms. The zero-order chi connectivity index (χ0) is 38.2. The lowest BCUT2D eigenvalue weighted by Gasteiger charge is -2.28. The average Bonchev–Trinajstić information content (AvgIpc) is 3.12. The Hall–Kier alpha value is -4.94. The molecule has 4 aromatic rings. The van der Waals surface area contributed by atoms with Gasteiger partial charge in [0, 0.05) is 55.6 Å². The maximum absolute atomic E-state index is 14.0. The van der Waals surface area contributed by atoms with Gasteiger partial charge in [-0.3, -0.25) is 18.7 Å². The fraction of sp³-hybridized carbons (Fsp3) is 0.375. The number of aliphatic hydroxyl groups is 1. The van der Waals surface area contributed by atoms with Gasteiger partial charge in [-0.25, -0.2) is 8.42 Å². The molecule has 0 aromatic heterocycles. The van der Waals surface area contributed by atoms with E-state index >= 15 is 0 Å². The van der Waals surface area contributed by atoms with Gasteiger partial charge in [0.05, 0.1) is 22.7 Å². The zero-order valence-corrected chi connectivity index (χ0v) is 31.8. The van der Waals surface area contributed by atoms with Gasteiger partial charge in [0.25, 0.3) is 15.9 Å². The highest BCUT2D eigenvalue weighted by atomic mass is 32.2. The van der Waals surface area contributed by atoms with Gasteiger partial charge in [0.1, 0.15) is 6.04 Å². The predicted octanol–water partition coefficient (Wildman–Crippen LogP) is 5.08. The smallest absolute Gasteiger partial charge is 0.264 e. The Morgan fingerprint density at radius 2 is 1.40 bits per heavy atom. The molecule has 11 nitrogen and oxygen atoms in total. The Kier molecular flexibility index (Phi) is 13.4. The third-order valence-electron chi connectivity index (χ3n) is 9.06. The van der Waals surface area contributed by atoms with Crippen LogP contribution in [0.5, 0.6) is 0 Å². The molecule has 3 amide bonds. The van der Waals surface area contributed by atoms with Crippen LogP contribution in [0.4, 0.5) is 11.4 Å². The molecule has 0 aliphatic heterocycles. The molecule has 4 rings (SSSR count). The molecule has 0 aliphatic carbocycles. The lowest BCUT2D eigenvalue weighted by Crippen LogP contribution is -2.48. The van der Waals surface area contributed by atoms with Gasteiger partial charge < -0.3 is 26.0 Å². The van der Waals surface area contributed by atoms with E-state index in [-0.39, 0.29) is 28.7 Å². The van der Waals surface area contributed by atoms with Crippen LogP contribution < -0.4 is 25.2 Å². The number of carbonyl (C=O) groups excluding carboxylic acids is 3. The highest BCUT2D eigenvalue weighted by Crippen LogP contribution is 2.33. The number of amides is 3. The van der Waals surface area contributed by atoms with Gasteiger partial charge in [-0.1, -0.05) is 81.4 Å². The highest BCUT2D eigenvalue weighted by molar-refractivity contribution is 7.93. The van der Waals surface area contributed by atoms with Crippen molar-refractivity contribution < 1.29 is 27.9 Å². The molecule has 52 heavy (non-hydrogen) atoms. The number of rotatable bonds is 16. The molecule has 0 heterocycles. The first-order chi connectivity index (χ1) is 24.6. The lowest BCUT2D eigenvalue weighted by molar-refractivity contribution is -0.131. The molecule has 0 unspecified atom stereocenters. The minimum Gasteiger partial charge on any atom is -0.391 e. The lowest BCUT2D eigenvalue weighted by atomic mass is 9.92. The third kappa shape index (κ3) is 9.89. The van der Waals surface area contributed by atoms with Crippen LogP contribution in [0, 0.1) is 11.8 Å². The van der Waals surface area contributed by atoms with E-state index in [1.807, 2.05) is 81.4 Å². The van der Waals surface area contributed by atoms with Gasteiger partial charge in [-0.05, 0) is 61.6 Å². The number of anilines is 2. The monoisotopic (exact) mass is 729 g/mol. The van der Waals surface area contributed by atoms with E-state index in [4.69, 9.17) is 0 Å². The molecule has 4 N–H and O–H groups in total. The van der Waals surface area contributed by atoms with Crippen LogP contribution in [0.15, 0.2) is 95.9 Å². The molecule has 4 aromatic carbocycles. The number of nitrogens with one attached hydrogen (secondary N) is 3. The minimum absolute atomic E-state index is 0.0451. The van der Waals surface area contributed by atoms with E-state index in [0.29, 0.717) is 24.0 Å². The summed E-state index contributed by atoms with van der Waals surface area (Å²) in [6, 6.07) is 25.0. The number of aliphatic hydroxyl groups excluding tert-OH is 1. The average molecular weight is 730 g/mol. The van der Waals surface area contributed by atoms with Crippen molar-refractivity contribution in [2.24, 2.45) is 11.8 Å². The SMILES string of the molecule is CC(C)C[C@H](NC(=O)c1cccc(N(C)S(=O)(=O)c2cccc3c(N(C)C)cccc23)c1)[C@@H](O)C[C@@H](C)C(=O)N[C@@H](C)C(=O)NCc1ccccc1. The molecule has 0 fully saturated rings. The maximum Gasteiger partial charge on any atom is 0.264 e. The molecule has 0 radical (unpaired) electrons. The summed E-state index contributed by atoms with van der Waals surface area (Å²) in [5, 5.41) is 21.1. The Balaban J connectivity index is 1.43. The number of sulfonamides is 1. The summed E-state index contributed by atoms with van der Waals surface area (Å²) >= 11 is 0. The second-order valence-electron chi connectivity index (χ2n) is 13.9. The van der Waals surface area contributed by atoms with Gasteiger partial charge in [-0.2, -0.15) is 0 Å². The predicted molar refractivity (Wildman–Crippen MR) is 207 cm³/mol. The van der Waals surface area contributed by atoms with Crippen molar-refractivity contribution in [3.05, 3.63) is 102 Å². The van der Waals surface area contributed by atoms with Crippen molar-refractivity contribution in [1.29, 1.82) is 0 Å². The summed E-state index contributed by atoms with van der Waals surface area (Å²) in [4.78, 5) is 41.3. The molecule has 278 valence electrons. The van der Waals surface area contributed by atoms with E-state index in [9.17, 15) is 27.9 Å². The summed E-state index contributed by atoms with van der Waals surface area (Å²) in [6.07, 6.45) is -0.591. The summed E-state index contributed by atoms with van der Waals surface area (Å²) in [5.74, 6) is -1.76. The Morgan fingerprint density at radius 1 is 0.750 bits per heavy atom. The van der Waals surface area contributed by atoms with Crippen LogP contribution >= 0.6 is 0 Å². The standard InChI is InChI=1S/C40H51N5O6S/c1-26(2)22-34(36(46)23-27(3)38(47)42-28(4)39(48)41-25-29-14-9-8-10-15-29)43-40(49)30-16-11-17-31(24-30)45(7)52(50,51)37-21-13-18-32-33(37)19-12-20-35(32)44(5)6/h8-21,24,26-28,34,36,46H,22-23,25H2,1-7H3,(H,41,48)(H,42,47)(H,43,49)/t27-,28+,34+,36+/m1/s1. The van der Waals surface area contributed by atoms with Gasteiger partial charge in [-0.15, -0.1) is 0 Å². The van der Waals surface area contributed by atoms with E-state index in [1.165, 1.54) is 13.1 Å². The number of carbonyl (C=O) groups is 3. The summed E-state index contributed by atoms with van der Waals surface area (Å²) in [6.45, 7) is 7.53. The van der Waals surface area contributed by atoms with Gasteiger partial charge in [0.15, 0.2) is 0 Å². The normalized spacial score (nSPS) is 13.9. The van der Waals surface area contributed by atoms with Crippen molar-refractivity contribution in [2.75, 3.05) is 30.3 Å². The number of fused-ring (bicyclic) bond motifs is 1. The van der Waals surface area contributed by atoms with Crippen LogP contribution in [0.2, 0.25) is 0 Å². The summed E-state index contributed by atoms with van der Waals surface area (Å²) in [7, 11) is 1.23. The van der Waals surface area contributed by atoms with E-state index in [0.717, 1.165) is 20.9 Å². The van der Waals surface area contributed by atoms with E-state index < -0.39 is 45.9 Å². The highest BCUT2D eigenvalue weighted by Gasteiger charge is 2.29. The molecule has 0 spiro atoms. The van der Waals surface area contributed by atoms with Crippen LogP contribution in [-0.4, -0.2) is 70.6 Å². The third-order valence-corrected chi connectivity index (χ3v) is 10.9. The quantitative estimate of drug-likeness (QED) is 0.126. The first kappa shape index (κ1) is 39.8. The minimum atomic E-state index is -4.03. The molecular formula is C40H51N5O6S. The van der Waals surface area contributed by atoms with Crippen LogP contribution in [0.1, 0.15) is 56.5 Å². The van der Waals surface area contributed by atoms with Crippen molar-refractivity contribution in [3.8, 4) is 0 Å². The number of hydrogen-bond acceptors (Lipinski definition) is 7. The largest absolute Gasteiger partial charge is 0.391 e. The molecule has 0 saturated carbocycles. The van der Waals surface area contributed by atoms with E-state index in [1.54, 1.807) is 50.2 Å². The Bertz CT molecular complexity index is 1970. The topological polar surface area (TPSA) is 148 Å². The fourth-order valence-electron chi connectivity index (χ4n) is 6.07. The number of benzene rings is 4. The molecule has 0 aliphatic rings. The van der Waals surface area contributed by atoms with Crippen LogP contribution in [0.3, 0.4) is 0 Å². The van der Waals surface area contributed by atoms with E-state index in [2.05, 4.69) is 16.0 Å². The Morgan fingerprint density at radius 3 is 2.08 bits per heavy atom. The van der Waals surface area contributed by atoms with Crippen molar-refractivity contribution >= 4 is 49.9 Å². The van der Waals surface area contributed by atoms with Crippen molar-refractivity contribution in [3.63, 3.8) is 0 Å². The van der Waals surface area contributed by atoms with Crippen molar-refractivity contribution in [1.82, 2.24) is 16.0 Å². The number of hydrogen-bond donors (Lipinski definition) is 4. The fourth-order valence-corrected chi connectivity index (χ4v) is 7.47. The second-order valence-corrected chi connectivity index (χ2v) is 15.8. The van der Waals surface area contributed by atoms with Crippen molar-refractivity contribution in [2.45, 2.75) is 70.2 Å². The number of nitrogens with zero attached hydrogens (tertiary/aromatic N) is 2. The second kappa shape index (κ2) is 17.5. The summed E-state index contributed by atoms with van der Waals surface area (Å²) < 4.78 is 29.1. The molecule has 12 heteroatoms. The first-order valence-electron chi connectivity index (χ1n) is 17.5.